The van der Waals surface area contributed by atoms with Crippen molar-refractivity contribution in [3.8, 4) is 0 Å². The van der Waals surface area contributed by atoms with Crippen LogP contribution >= 0.6 is 0 Å². The number of aryl methyl sites for hydroxylation is 2. The zero-order valence-corrected chi connectivity index (χ0v) is 14.4. The zero-order chi connectivity index (χ0) is 16.4. The Morgan fingerprint density at radius 1 is 1.09 bits per heavy atom. The summed E-state index contributed by atoms with van der Waals surface area (Å²) in [5.41, 5.74) is 1.07. The van der Waals surface area contributed by atoms with Crippen molar-refractivity contribution in [2.75, 3.05) is 52.6 Å². The van der Waals surface area contributed by atoms with E-state index in [2.05, 4.69) is 44.4 Å². The first kappa shape index (κ1) is 18.2. The molecule has 0 bridgehead atoms. The van der Waals surface area contributed by atoms with E-state index in [0.717, 1.165) is 11.5 Å². The summed E-state index contributed by atoms with van der Waals surface area (Å²) in [4.78, 5) is 8.70. The highest BCUT2D eigenvalue weighted by Crippen LogP contribution is 1.94. The Morgan fingerprint density at radius 3 is 1.91 bits per heavy atom. The van der Waals surface area contributed by atoms with E-state index in [1.165, 1.54) is 26.2 Å². The molecule has 3 rings (SSSR count). The van der Waals surface area contributed by atoms with E-state index in [1.54, 1.807) is 12.5 Å². The van der Waals surface area contributed by atoms with Crippen molar-refractivity contribution in [1.29, 1.82) is 0 Å². The minimum atomic E-state index is 0.944. The number of aromatic amines is 1. The number of hydrogen-bond donors (Lipinski definition) is 2. The molecule has 0 amide bonds. The molecule has 0 spiro atoms. The number of aromatic nitrogens is 4. The Bertz CT molecular complexity index is 457. The predicted molar refractivity (Wildman–Crippen MR) is 91.1 cm³/mol. The molecule has 1 aliphatic heterocycles. The highest BCUT2D eigenvalue weighted by molar-refractivity contribution is 5.29. The van der Waals surface area contributed by atoms with Crippen molar-refractivity contribution in [2.45, 2.75) is 6.92 Å². The summed E-state index contributed by atoms with van der Waals surface area (Å²) in [6.45, 7) is 6.90. The van der Waals surface area contributed by atoms with Gasteiger partial charge in [0.25, 0.3) is 0 Å². The average Bonchev–Trinajstić information content (AvgIpc) is 3.15. The number of H-pyrrole nitrogens is 1. The summed E-state index contributed by atoms with van der Waals surface area (Å²) in [6, 6.07) is 1.86. The van der Waals surface area contributed by atoms with Crippen LogP contribution in [0.5, 0.6) is 0 Å². The minimum absolute atomic E-state index is 0.944. The molecule has 3 heterocycles. The quantitative estimate of drug-likeness (QED) is 0.824. The Labute approximate surface area is 133 Å². The summed E-state index contributed by atoms with van der Waals surface area (Å²) >= 11 is 0. The van der Waals surface area contributed by atoms with Crippen LogP contribution < -0.4 is 5.32 Å². The highest BCUT2D eigenvalue weighted by atomic mass is 15.2. The van der Waals surface area contributed by atoms with Crippen molar-refractivity contribution < 1.29 is 0 Å². The fraction of sp³-hybridized carbons (Fsp3) is 0.600. The molecule has 7 heteroatoms. The van der Waals surface area contributed by atoms with Gasteiger partial charge in [0.2, 0.25) is 0 Å². The lowest BCUT2D eigenvalue weighted by atomic mass is 10.4. The van der Waals surface area contributed by atoms with Gasteiger partial charge in [-0.05, 0) is 27.1 Å². The van der Waals surface area contributed by atoms with Gasteiger partial charge in [-0.15, -0.1) is 0 Å². The van der Waals surface area contributed by atoms with Gasteiger partial charge in [-0.1, -0.05) is 0 Å². The number of likely N-dealkylation sites (N-methyl/N-ethyl adjacent to an activating group) is 2. The lowest BCUT2D eigenvalue weighted by Crippen LogP contribution is -2.42. The highest BCUT2D eigenvalue weighted by Gasteiger charge is 2.07. The third kappa shape index (κ3) is 7.80. The first-order valence-corrected chi connectivity index (χ1v) is 7.50. The third-order valence-corrected chi connectivity index (χ3v) is 3.33. The molecule has 0 saturated carbocycles. The second-order valence-electron chi connectivity index (χ2n) is 5.51. The van der Waals surface area contributed by atoms with E-state index >= 15 is 0 Å². The van der Waals surface area contributed by atoms with Gasteiger partial charge < -0.3 is 19.7 Å². The van der Waals surface area contributed by atoms with Gasteiger partial charge in [0.15, 0.2) is 0 Å². The second-order valence-corrected chi connectivity index (χ2v) is 5.51. The number of nitrogens with zero attached hydrogens (tertiary/aromatic N) is 5. The van der Waals surface area contributed by atoms with Crippen LogP contribution in [0, 0.1) is 6.92 Å². The maximum absolute atomic E-state index is 3.98. The molecule has 0 unspecified atom stereocenters. The van der Waals surface area contributed by atoms with Crippen molar-refractivity contribution in [1.82, 2.24) is 29.5 Å². The van der Waals surface area contributed by atoms with E-state index in [4.69, 9.17) is 0 Å². The van der Waals surface area contributed by atoms with Crippen molar-refractivity contribution >= 4 is 5.82 Å². The predicted octanol–water partition coefficient (Wildman–Crippen LogP) is 1.04. The molecule has 124 valence electrons. The first-order chi connectivity index (χ1) is 10.5. The van der Waals surface area contributed by atoms with Crippen LogP contribution in [-0.2, 0) is 7.05 Å². The maximum Gasteiger partial charge on any atom is 0.121 e. The summed E-state index contributed by atoms with van der Waals surface area (Å²) in [7, 11) is 8.15. The van der Waals surface area contributed by atoms with Crippen LogP contribution in [0.2, 0.25) is 0 Å². The van der Waals surface area contributed by atoms with E-state index in [0.29, 0.717) is 0 Å². The Kier molecular flexibility index (Phi) is 8.24. The van der Waals surface area contributed by atoms with Gasteiger partial charge in [0, 0.05) is 46.5 Å². The number of piperazine rings is 1. The van der Waals surface area contributed by atoms with Crippen molar-refractivity contribution in [3.05, 3.63) is 30.5 Å². The largest absolute Gasteiger partial charge is 0.374 e. The van der Waals surface area contributed by atoms with Crippen molar-refractivity contribution in [2.24, 2.45) is 7.05 Å². The Morgan fingerprint density at radius 2 is 1.68 bits per heavy atom. The van der Waals surface area contributed by atoms with E-state index in [-0.39, 0.29) is 0 Å². The molecule has 1 saturated heterocycles. The number of imidazole rings is 1. The monoisotopic (exact) mass is 307 g/mol. The van der Waals surface area contributed by atoms with E-state index in [1.807, 2.05) is 37.8 Å². The fourth-order valence-corrected chi connectivity index (χ4v) is 1.85. The smallest absolute Gasteiger partial charge is 0.121 e. The van der Waals surface area contributed by atoms with Gasteiger partial charge in [-0.3, -0.25) is 5.10 Å². The zero-order valence-electron chi connectivity index (χ0n) is 14.4. The summed E-state index contributed by atoms with van der Waals surface area (Å²) < 4.78 is 1.93. The van der Waals surface area contributed by atoms with Crippen LogP contribution in [0.1, 0.15) is 5.69 Å². The lowest BCUT2D eigenvalue weighted by molar-refractivity contribution is 0.181. The Balaban J connectivity index is 0.000000166. The Hall–Kier alpha value is -1.86. The van der Waals surface area contributed by atoms with Crippen LogP contribution in [0.25, 0.3) is 0 Å². The van der Waals surface area contributed by atoms with Gasteiger partial charge in [-0.2, -0.15) is 5.10 Å². The molecule has 7 nitrogen and oxygen atoms in total. The number of nitrogens with one attached hydrogen (secondary N) is 2. The molecule has 0 atom stereocenters. The van der Waals surface area contributed by atoms with Crippen LogP contribution in [0.4, 0.5) is 5.82 Å². The average molecular weight is 307 g/mol. The molecular formula is C15H29N7. The van der Waals surface area contributed by atoms with Crippen LogP contribution in [0.15, 0.2) is 24.8 Å². The summed E-state index contributed by atoms with van der Waals surface area (Å²) in [5, 5.41) is 9.32. The topological polar surface area (TPSA) is 65.0 Å². The van der Waals surface area contributed by atoms with Gasteiger partial charge >= 0.3 is 0 Å². The van der Waals surface area contributed by atoms with Crippen LogP contribution in [-0.4, -0.2) is 76.9 Å². The number of rotatable bonds is 1. The van der Waals surface area contributed by atoms with E-state index in [9.17, 15) is 0 Å². The van der Waals surface area contributed by atoms with Gasteiger partial charge in [-0.25, -0.2) is 4.98 Å². The SMILES string of the molecule is CN1CCN(C)CC1.CNc1ccn[nH]1.Cc1cn(C)cn1. The van der Waals surface area contributed by atoms with Gasteiger partial charge in [0.1, 0.15) is 5.82 Å². The summed E-state index contributed by atoms with van der Waals surface area (Å²) in [6.07, 6.45) is 5.46. The summed E-state index contributed by atoms with van der Waals surface area (Å²) in [5.74, 6) is 0.944. The molecule has 0 radical (unpaired) electrons. The molecule has 0 aromatic carbocycles. The number of anilines is 1. The molecule has 1 aliphatic rings. The molecular weight excluding hydrogens is 278 g/mol. The minimum Gasteiger partial charge on any atom is -0.374 e. The van der Waals surface area contributed by atoms with E-state index < -0.39 is 0 Å². The lowest BCUT2D eigenvalue weighted by Gasteiger charge is -2.28. The molecule has 0 aliphatic carbocycles. The van der Waals surface area contributed by atoms with Crippen LogP contribution in [0.3, 0.4) is 0 Å². The molecule has 1 fully saturated rings. The van der Waals surface area contributed by atoms with Crippen molar-refractivity contribution in [3.63, 3.8) is 0 Å². The molecule has 2 aromatic heterocycles. The third-order valence-electron chi connectivity index (χ3n) is 3.33. The molecule has 2 aromatic rings. The molecule has 22 heavy (non-hydrogen) atoms. The normalized spacial score (nSPS) is 15.3. The molecule has 2 N–H and O–H groups in total. The fourth-order valence-electron chi connectivity index (χ4n) is 1.85. The maximum atomic E-state index is 3.98. The first-order valence-electron chi connectivity index (χ1n) is 7.50. The standard InChI is InChI=1S/C6H14N2.C5H8N2.C4H7N3/c1-7-3-5-8(2)6-4-7;1-5-3-7(2)4-6-5;1-5-4-2-3-6-7-4/h3-6H2,1-2H3;3-4H,1-2H3;2-3H,1H3,(H2,5,6,7). The van der Waals surface area contributed by atoms with Gasteiger partial charge in [0.05, 0.1) is 18.2 Å². The number of hydrogen-bond acceptors (Lipinski definition) is 5. The second kappa shape index (κ2) is 9.97.